The third kappa shape index (κ3) is 3.51. The Balaban J connectivity index is 2.01. The molecule has 0 saturated heterocycles. The van der Waals surface area contributed by atoms with E-state index in [1.165, 1.54) is 13.2 Å². The van der Waals surface area contributed by atoms with Crippen molar-refractivity contribution >= 4 is 11.6 Å². The van der Waals surface area contributed by atoms with E-state index in [0.717, 1.165) is 0 Å². The Labute approximate surface area is 122 Å². The normalized spacial score (nSPS) is 10.2. The highest BCUT2D eigenvalue weighted by molar-refractivity contribution is 6.01. The number of nitrogens with one attached hydrogen (secondary N) is 1. The van der Waals surface area contributed by atoms with Crippen molar-refractivity contribution in [1.29, 1.82) is 0 Å². The summed E-state index contributed by atoms with van der Waals surface area (Å²) in [6.45, 7) is 0.317. The zero-order valence-electron chi connectivity index (χ0n) is 11.7. The van der Waals surface area contributed by atoms with E-state index in [4.69, 9.17) is 10.5 Å². The van der Waals surface area contributed by atoms with E-state index in [1.807, 2.05) is 0 Å². The summed E-state index contributed by atoms with van der Waals surface area (Å²) in [4.78, 5) is 12.2. The van der Waals surface area contributed by atoms with Crippen molar-refractivity contribution in [2.75, 3.05) is 19.4 Å². The van der Waals surface area contributed by atoms with Crippen LogP contribution in [-0.4, -0.2) is 19.6 Å². The van der Waals surface area contributed by atoms with Crippen LogP contribution in [0, 0.1) is 5.82 Å². The molecular weight excluding hydrogens is 271 g/mol. The minimum Gasteiger partial charge on any atom is -0.496 e. The maximum atomic E-state index is 13.5. The van der Waals surface area contributed by atoms with Crippen LogP contribution in [0.25, 0.3) is 0 Å². The molecule has 0 atom stereocenters. The second-order valence-electron chi connectivity index (χ2n) is 4.52. The number of hydrogen-bond donors (Lipinski definition) is 2. The SMILES string of the molecule is COc1cccc(N)c1C(=O)NCCc1ccccc1F. The van der Waals surface area contributed by atoms with Gasteiger partial charge >= 0.3 is 0 Å². The molecular formula is C16H17FN2O2. The molecule has 0 aromatic heterocycles. The number of benzene rings is 2. The number of nitrogens with two attached hydrogens (primary N) is 1. The Morgan fingerprint density at radius 1 is 1.24 bits per heavy atom. The van der Waals surface area contributed by atoms with Gasteiger partial charge in [0.2, 0.25) is 0 Å². The summed E-state index contributed by atoms with van der Waals surface area (Å²) >= 11 is 0. The number of amides is 1. The molecule has 0 aliphatic rings. The van der Waals surface area contributed by atoms with Crippen LogP contribution >= 0.6 is 0 Å². The zero-order valence-corrected chi connectivity index (χ0v) is 11.7. The zero-order chi connectivity index (χ0) is 15.2. The number of methoxy groups -OCH3 is 1. The molecule has 0 saturated carbocycles. The van der Waals surface area contributed by atoms with Crippen molar-refractivity contribution in [2.45, 2.75) is 6.42 Å². The Bertz CT molecular complexity index is 644. The second-order valence-corrected chi connectivity index (χ2v) is 4.52. The van der Waals surface area contributed by atoms with Gasteiger partial charge in [0, 0.05) is 12.2 Å². The van der Waals surface area contributed by atoms with Crippen LogP contribution in [0.4, 0.5) is 10.1 Å². The van der Waals surface area contributed by atoms with E-state index in [-0.39, 0.29) is 11.7 Å². The van der Waals surface area contributed by atoms with Crippen LogP contribution in [0.1, 0.15) is 15.9 Å². The van der Waals surface area contributed by atoms with Crippen molar-refractivity contribution in [3.05, 3.63) is 59.4 Å². The standard InChI is InChI=1S/C16H17FN2O2/c1-21-14-8-4-7-13(18)15(14)16(20)19-10-9-11-5-2-3-6-12(11)17/h2-8H,9-10,18H2,1H3,(H,19,20). The molecule has 0 aliphatic carbocycles. The third-order valence-corrected chi connectivity index (χ3v) is 3.14. The topological polar surface area (TPSA) is 64.3 Å². The van der Waals surface area contributed by atoms with Gasteiger partial charge in [-0.05, 0) is 30.2 Å². The van der Waals surface area contributed by atoms with Gasteiger partial charge in [-0.1, -0.05) is 24.3 Å². The molecule has 21 heavy (non-hydrogen) atoms. The molecule has 0 bridgehead atoms. The summed E-state index contributed by atoms with van der Waals surface area (Å²) in [5.41, 5.74) is 7.01. The van der Waals surface area contributed by atoms with E-state index < -0.39 is 0 Å². The van der Waals surface area contributed by atoms with E-state index in [2.05, 4.69) is 5.32 Å². The maximum absolute atomic E-state index is 13.5. The highest BCUT2D eigenvalue weighted by Gasteiger charge is 2.15. The number of ether oxygens (including phenoxy) is 1. The lowest BCUT2D eigenvalue weighted by atomic mass is 10.1. The number of carbonyl (C=O) groups is 1. The lowest BCUT2D eigenvalue weighted by Gasteiger charge is -2.11. The fourth-order valence-electron chi connectivity index (χ4n) is 2.06. The fraction of sp³-hybridized carbons (Fsp3) is 0.188. The van der Waals surface area contributed by atoms with Crippen LogP contribution in [0.2, 0.25) is 0 Å². The molecule has 1 amide bonds. The van der Waals surface area contributed by atoms with Gasteiger partial charge in [-0.25, -0.2) is 4.39 Å². The summed E-state index contributed by atoms with van der Waals surface area (Å²) in [6.07, 6.45) is 0.410. The molecule has 0 aliphatic heterocycles. The van der Waals surface area contributed by atoms with Crippen LogP contribution < -0.4 is 15.8 Å². The first kappa shape index (κ1) is 14.8. The summed E-state index contributed by atoms with van der Waals surface area (Å²) in [7, 11) is 1.48. The average molecular weight is 288 g/mol. The van der Waals surface area contributed by atoms with Crippen LogP contribution in [-0.2, 0) is 6.42 Å². The van der Waals surface area contributed by atoms with Gasteiger partial charge in [0.15, 0.2) is 0 Å². The van der Waals surface area contributed by atoms with Gasteiger partial charge in [0.25, 0.3) is 5.91 Å². The highest BCUT2D eigenvalue weighted by Crippen LogP contribution is 2.23. The summed E-state index contributed by atoms with van der Waals surface area (Å²) in [5.74, 6) is -0.191. The Morgan fingerprint density at radius 3 is 2.71 bits per heavy atom. The smallest absolute Gasteiger partial charge is 0.257 e. The average Bonchev–Trinajstić information content (AvgIpc) is 2.48. The van der Waals surface area contributed by atoms with Crippen molar-refractivity contribution in [3.8, 4) is 5.75 Å². The van der Waals surface area contributed by atoms with Crippen LogP contribution in [0.5, 0.6) is 5.75 Å². The Kier molecular flexibility index (Phi) is 4.77. The first-order valence-corrected chi connectivity index (χ1v) is 6.57. The molecule has 2 aromatic carbocycles. The number of halogens is 1. The van der Waals surface area contributed by atoms with Gasteiger partial charge in [-0.3, -0.25) is 4.79 Å². The molecule has 0 spiro atoms. The minimum absolute atomic E-state index is 0.274. The molecule has 0 fully saturated rings. The number of anilines is 1. The molecule has 3 N–H and O–H groups in total. The van der Waals surface area contributed by atoms with E-state index in [9.17, 15) is 9.18 Å². The summed E-state index contributed by atoms with van der Waals surface area (Å²) in [6, 6.07) is 11.5. The molecule has 2 aromatic rings. The predicted molar refractivity (Wildman–Crippen MR) is 79.8 cm³/mol. The van der Waals surface area contributed by atoms with Crippen molar-refractivity contribution in [1.82, 2.24) is 5.32 Å². The first-order chi connectivity index (χ1) is 10.1. The molecule has 0 unspecified atom stereocenters. The monoisotopic (exact) mass is 288 g/mol. The third-order valence-electron chi connectivity index (χ3n) is 3.14. The molecule has 5 heteroatoms. The minimum atomic E-state index is -0.332. The van der Waals surface area contributed by atoms with E-state index in [0.29, 0.717) is 35.5 Å². The number of carbonyl (C=O) groups excluding carboxylic acids is 1. The maximum Gasteiger partial charge on any atom is 0.257 e. The van der Waals surface area contributed by atoms with Crippen molar-refractivity contribution < 1.29 is 13.9 Å². The van der Waals surface area contributed by atoms with Gasteiger partial charge in [0.05, 0.1) is 7.11 Å². The van der Waals surface area contributed by atoms with Gasteiger partial charge in [-0.15, -0.1) is 0 Å². The molecule has 110 valence electrons. The Morgan fingerprint density at radius 2 is 2.00 bits per heavy atom. The lowest BCUT2D eigenvalue weighted by molar-refractivity contribution is 0.0952. The number of rotatable bonds is 5. The molecule has 2 rings (SSSR count). The summed E-state index contributed by atoms with van der Waals surface area (Å²) < 4.78 is 18.6. The molecule has 0 radical (unpaired) electrons. The quantitative estimate of drug-likeness (QED) is 0.830. The van der Waals surface area contributed by atoms with Gasteiger partial charge < -0.3 is 15.8 Å². The van der Waals surface area contributed by atoms with Gasteiger partial charge in [0.1, 0.15) is 17.1 Å². The predicted octanol–water partition coefficient (Wildman–Crippen LogP) is 2.39. The van der Waals surface area contributed by atoms with Crippen molar-refractivity contribution in [3.63, 3.8) is 0 Å². The Hall–Kier alpha value is -2.56. The highest BCUT2D eigenvalue weighted by atomic mass is 19.1. The molecule has 0 heterocycles. The fourth-order valence-corrected chi connectivity index (χ4v) is 2.06. The van der Waals surface area contributed by atoms with Crippen LogP contribution in [0.15, 0.2) is 42.5 Å². The van der Waals surface area contributed by atoms with Crippen molar-refractivity contribution in [2.24, 2.45) is 0 Å². The van der Waals surface area contributed by atoms with E-state index in [1.54, 1.807) is 36.4 Å². The largest absolute Gasteiger partial charge is 0.496 e. The number of hydrogen-bond acceptors (Lipinski definition) is 3. The first-order valence-electron chi connectivity index (χ1n) is 6.57. The summed E-state index contributed by atoms with van der Waals surface area (Å²) in [5, 5.41) is 2.72. The number of nitrogen functional groups attached to an aromatic ring is 1. The van der Waals surface area contributed by atoms with Gasteiger partial charge in [-0.2, -0.15) is 0 Å². The second kappa shape index (κ2) is 6.74. The van der Waals surface area contributed by atoms with Crippen LogP contribution in [0.3, 0.4) is 0 Å². The van der Waals surface area contributed by atoms with E-state index >= 15 is 0 Å². The lowest BCUT2D eigenvalue weighted by Crippen LogP contribution is -2.27. The molecule has 4 nitrogen and oxygen atoms in total.